The molecule has 1 amide bonds. The summed E-state index contributed by atoms with van der Waals surface area (Å²) in [5.74, 6) is -0.0259. The summed E-state index contributed by atoms with van der Waals surface area (Å²) in [6.45, 7) is 8.06. The van der Waals surface area contributed by atoms with Gasteiger partial charge in [0.05, 0.1) is 17.8 Å². The lowest BCUT2D eigenvalue weighted by Crippen LogP contribution is -2.15. The molecule has 4 nitrogen and oxygen atoms in total. The van der Waals surface area contributed by atoms with Crippen LogP contribution in [0.25, 0.3) is 5.69 Å². The predicted molar refractivity (Wildman–Crippen MR) is 101 cm³/mol. The van der Waals surface area contributed by atoms with Crippen LogP contribution in [0.15, 0.2) is 48.5 Å². The number of aromatic nitrogens is 2. The van der Waals surface area contributed by atoms with Crippen LogP contribution in [0.3, 0.4) is 0 Å². The summed E-state index contributed by atoms with van der Waals surface area (Å²) in [5.41, 5.74) is 7.08. The van der Waals surface area contributed by atoms with Gasteiger partial charge in [0.25, 0.3) is 0 Å². The first-order valence-corrected chi connectivity index (χ1v) is 8.43. The zero-order valence-corrected chi connectivity index (χ0v) is 15.1. The minimum absolute atomic E-state index is 0.0259. The van der Waals surface area contributed by atoms with E-state index in [0.717, 1.165) is 28.3 Å². The van der Waals surface area contributed by atoms with Crippen molar-refractivity contribution in [2.24, 2.45) is 0 Å². The van der Waals surface area contributed by atoms with E-state index in [1.807, 2.05) is 74.0 Å². The van der Waals surface area contributed by atoms with Gasteiger partial charge in [0.2, 0.25) is 5.91 Å². The van der Waals surface area contributed by atoms with Crippen LogP contribution in [-0.2, 0) is 11.2 Å². The van der Waals surface area contributed by atoms with E-state index in [9.17, 15) is 4.79 Å². The van der Waals surface area contributed by atoms with Crippen molar-refractivity contribution < 1.29 is 4.79 Å². The molecule has 0 aliphatic heterocycles. The van der Waals surface area contributed by atoms with Crippen LogP contribution in [-0.4, -0.2) is 15.7 Å². The first-order valence-electron chi connectivity index (χ1n) is 8.43. The third kappa shape index (κ3) is 3.63. The van der Waals surface area contributed by atoms with Crippen LogP contribution in [0.5, 0.6) is 0 Å². The van der Waals surface area contributed by atoms with Crippen LogP contribution in [0.2, 0.25) is 0 Å². The van der Waals surface area contributed by atoms with Gasteiger partial charge in [-0.3, -0.25) is 4.79 Å². The largest absolute Gasteiger partial charge is 0.326 e. The minimum atomic E-state index is -0.0259. The smallest absolute Gasteiger partial charge is 0.228 e. The van der Waals surface area contributed by atoms with Crippen LogP contribution in [0.4, 0.5) is 5.69 Å². The SMILES string of the molecule is Cc1ccc(NC(=O)Cc2c(C)nn(-c3ccccc3)c2C)cc1C. The molecule has 0 aliphatic carbocycles. The molecule has 3 rings (SSSR count). The number of hydrogen-bond acceptors (Lipinski definition) is 2. The number of benzene rings is 2. The quantitative estimate of drug-likeness (QED) is 0.774. The van der Waals surface area contributed by atoms with E-state index in [1.165, 1.54) is 11.1 Å². The number of carbonyl (C=O) groups excluding carboxylic acids is 1. The average Bonchev–Trinajstić information content (AvgIpc) is 2.87. The van der Waals surface area contributed by atoms with E-state index >= 15 is 0 Å². The molecule has 0 saturated carbocycles. The zero-order chi connectivity index (χ0) is 18.0. The Morgan fingerprint density at radius 3 is 2.40 bits per heavy atom. The second-order valence-electron chi connectivity index (χ2n) is 6.42. The molecule has 128 valence electrons. The maximum atomic E-state index is 12.5. The highest BCUT2D eigenvalue weighted by Gasteiger charge is 2.16. The topological polar surface area (TPSA) is 46.9 Å². The molecule has 0 spiro atoms. The lowest BCUT2D eigenvalue weighted by atomic mass is 10.1. The van der Waals surface area contributed by atoms with Crippen LogP contribution < -0.4 is 5.32 Å². The summed E-state index contributed by atoms with van der Waals surface area (Å²) >= 11 is 0. The maximum absolute atomic E-state index is 12.5. The van der Waals surface area contributed by atoms with Crippen molar-refractivity contribution in [3.63, 3.8) is 0 Å². The highest BCUT2D eigenvalue weighted by molar-refractivity contribution is 5.92. The fraction of sp³-hybridized carbons (Fsp3) is 0.238. The first kappa shape index (κ1) is 17.0. The first-order chi connectivity index (χ1) is 12.0. The lowest BCUT2D eigenvalue weighted by molar-refractivity contribution is -0.115. The zero-order valence-electron chi connectivity index (χ0n) is 15.1. The van der Waals surface area contributed by atoms with Gasteiger partial charge in [-0.25, -0.2) is 4.68 Å². The molecule has 0 atom stereocenters. The number of anilines is 1. The summed E-state index contributed by atoms with van der Waals surface area (Å²) in [7, 11) is 0. The third-order valence-electron chi connectivity index (χ3n) is 4.57. The number of amides is 1. The molecule has 1 aromatic heterocycles. The van der Waals surface area contributed by atoms with Crippen LogP contribution in [0.1, 0.15) is 28.1 Å². The van der Waals surface area contributed by atoms with Gasteiger partial charge in [-0.15, -0.1) is 0 Å². The molecule has 0 fully saturated rings. The Hall–Kier alpha value is -2.88. The molecule has 4 heteroatoms. The number of rotatable bonds is 4. The molecule has 25 heavy (non-hydrogen) atoms. The number of nitrogens with one attached hydrogen (secondary N) is 1. The number of para-hydroxylation sites is 1. The van der Waals surface area contributed by atoms with E-state index in [2.05, 4.69) is 17.3 Å². The Kier molecular flexibility index (Phi) is 4.70. The maximum Gasteiger partial charge on any atom is 0.228 e. The molecule has 0 aliphatic rings. The molecule has 0 saturated heterocycles. The van der Waals surface area contributed by atoms with Crippen molar-refractivity contribution >= 4 is 11.6 Å². The molecule has 0 bridgehead atoms. The van der Waals surface area contributed by atoms with Gasteiger partial charge in [-0.2, -0.15) is 5.10 Å². The lowest BCUT2D eigenvalue weighted by Gasteiger charge is -2.08. The van der Waals surface area contributed by atoms with Crippen LogP contribution in [0, 0.1) is 27.7 Å². The molecule has 1 N–H and O–H groups in total. The summed E-state index contributed by atoms with van der Waals surface area (Å²) in [5, 5.41) is 7.59. The molecule has 2 aromatic carbocycles. The molecule has 1 heterocycles. The third-order valence-corrected chi connectivity index (χ3v) is 4.57. The van der Waals surface area contributed by atoms with E-state index in [0.29, 0.717) is 6.42 Å². The Morgan fingerprint density at radius 1 is 1.00 bits per heavy atom. The number of hydrogen-bond donors (Lipinski definition) is 1. The van der Waals surface area contributed by atoms with E-state index in [-0.39, 0.29) is 5.91 Å². The van der Waals surface area contributed by atoms with Gasteiger partial charge in [0.15, 0.2) is 0 Å². The fourth-order valence-electron chi connectivity index (χ4n) is 2.94. The van der Waals surface area contributed by atoms with Gasteiger partial charge in [0, 0.05) is 16.9 Å². The van der Waals surface area contributed by atoms with Gasteiger partial charge in [-0.1, -0.05) is 24.3 Å². The average molecular weight is 333 g/mol. The number of carbonyl (C=O) groups is 1. The van der Waals surface area contributed by atoms with E-state index in [4.69, 9.17) is 0 Å². The Balaban J connectivity index is 1.79. The minimum Gasteiger partial charge on any atom is -0.326 e. The van der Waals surface area contributed by atoms with Crippen molar-refractivity contribution in [2.45, 2.75) is 34.1 Å². The highest BCUT2D eigenvalue weighted by atomic mass is 16.1. The van der Waals surface area contributed by atoms with Gasteiger partial charge < -0.3 is 5.32 Å². The normalized spacial score (nSPS) is 10.7. The van der Waals surface area contributed by atoms with E-state index in [1.54, 1.807) is 0 Å². The van der Waals surface area contributed by atoms with Gasteiger partial charge in [-0.05, 0) is 63.1 Å². The number of aryl methyl sites for hydroxylation is 3. The Morgan fingerprint density at radius 2 is 1.72 bits per heavy atom. The molecule has 0 radical (unpaired) electrons. The van der Waals surface area contributed by atoms with Crippen molar-refractivity contribution in [3.8, 4) is 5.69 Å². The van der Waals surface area contributed by atoms with Gasteiger partial charge in [0.1, 0.15) is 0 Å². The summed E-state index contributed by atoms with van der Waals surface area (Å²) < 4.78 is 1.90. The summed E-state index contributed by atoms with van der Waals surface area (Å²) in [6.07, 6.45) is 0.317. The highest BCUT2D eigenvalue weighted by Crippen LogP contribution is 2.19. The second kappa shape index (κ2) is 6.93. The van der Waals surface area contributed by atoms with Crippen LogP contribution >= 0.6 is 0 Å². The van der Waals surface area contributed by atoms with Crippen molar-refractivity contribution in [1.29, 1.82) is 0 Å². The molecule has 0 unspecified atom stereocenters. The van der Waals surface area contributed by atoms with Gasteiger partial charge >= 0.3 is 0 Å². The monoisotopic (exact) mass is 333 g/mol. The summed E-state index contributed by atoms with van der Waals surface area (Å²) in [6, 6.07) is 15.9. The molecule has 3 aromatic rings. The predicted octanol–water partition coefficient (Wildman–Crippen LogP) is 4.29. The molecular formula is C21H23N3O. The van der Waals surface area contributed by atoms with E-state index < -0.39 is 0 Å². The van der Waals surface area contributed by atoms with Crippen molar-refractivity contribution in [1.82, 2.24) is 9.78 Å². The van der Waals surface area contributed by atoms with Crippen molar-refractivity contribution in [2.75, 3.05) is 5.32 Å². The second-order valence-corrected chi connectivity index (χ2v) is 6.42. The standard InChI is InChI=1S/C21H23N3O/c1-14-10-11-18(12-15(14)2)22-21(25)13-20-16(3)23-24(17(20)4)19-8-6-5-7-9-19/h5-12H,13H2,1-4H3,(H,22,25). The number of nitrogens with zero attached hydrogens (tertiary/aromatic N) is 2. The fourth-order valence-corrected chi connectivity index (χ4v) is 2.94. The Labute approximate surface area is 148 Å². The molecular weight excluding hydrogens is 310 g/mol. The van der Waals surface area contributed by atoms with Crippen molar-refractivity contribution in [3.05, 3.63) is 76.6 Å². The Bertz CT molecular complexity index is 910. The summed E-state index contributed by atoms with van der Waals surface area (Å²) in [4.78, 5) is 12.5.